The minimum Gasteiger partial charge on any atom is -0.299 e. The van der Waals surface area contributed by atoms with Crippen molar-refractivity contribution in [3.8, 4) is 0 Å². The highest BCUT2D eigenvalue weighted by Gasteiger charge is 2.49. The maximum Gasteiger partial charge on any atom is 0.416 e. The van der Waals surface area contributed by atoms with Crippen LogP contribution >= 0.6 is 0 Å². The molecule has 0 bridgehead atoms. The first-order valence-electron chi connectivity index (χ1n) is 5.47. The van der Waals surface area contributed by atoms with Gasteiger partial charge in [-0.3, -0.25) is 4.79 Å². The maximum absolute atomic E-state index is 12.8. The molecule has 1 saturated carbocycles. The fourth-order valence-electron chi connectivity index (χ4n) is 2.19. The van der Waals surface area contributed by atoms with Gasteiger partial charge in [-0.2, -0.15) is 13.2 Å². The van der Waals surface area contributed by atoms with Crippen molar-refractivity contribution in [2.45, 2.75) is 38.3 Å². The molecule has 1 aromatic rings. The largest absolute Gasteiger partial charge is 0.416 e. The number of benzene rings is 1. The van der Waals surface area contributed by atoms with Crippen LogP contribution in [-0.2, 0) is 16.4 Å². The van der Waals surface area contributed by atoms with E-state index in [4.69, 9.17) is 0 Å². The third kappa shape index (κ3) is 1.96. The highest BCUT2D eigenvalue weighted by atomic mass is 19.4. The number of carbonyl (C=O) groups excluding carboxylic acids is 1. The molecule has 17 heavy (non-hydrogen) atoms. The zero-order valence-corrected chi connectivity index (χ0v) is 9.69. The molecule has 0 radical (unpaired) electrons. The minimum atomic E-state index is -4.35. The summed E-state index contributed by atoms with van der Waals surface area (Å²) in [5, 5.41) is 0. The van der Waals surface area contributed by atoms with E-state index < -0.39 is 17.2 Å². The Bertz CT molecular complexity index is 470. The van der Waals surface area contributed by atoms with Crippen molar-refractivity contribution >= 4 is 5.78 Å². The van der Waals surface area contributed by atoms with E-state index in [1.54, 1.807) is 6.07 Å². The molecule has 0 aromatic heterocycles. The van der Waals surface area contributed by atoms with E-state index in [0.717, 1.165) is 6.07 Å². The zero-order valence-electron chi connectivity index (χ0n) is 9.69. The van der Waals surface area contributed by atoms with Crippen molar-refractivity contribution in [3.05, 3.63) is 34.9 Å². The lowest BCUT2D eigenvalue weighted by molar-refractivity contribution is -0.138. The Hall–Kier alpha value is -1.32. The van der Waals surface area contributed by atoms with Crippen LogP contribution in [0, 0.1) is 6.92 Å². The quantitative estimate of drug-likeness (QED) is 0.773. The number of carbonyl (C=O) groups is 1. The lowest BCUT2D eigenvalue weighted by atomic mass is 9.89. The first-order valence-corrected chi connectivity index (χ1v) is 5.47. The highest BCUT2D eigenvalue weighted by Crippen LogP contribution is 2.50. The molecule has 1 fully saturated rings. The summed E-state index contributed by atoms with van der Waals surface area (Å²) in [5.74, 6) is -0.0468. The molecular weight excluding hydrogens is 229 g/mol. The summed E-state index contributed by atoms with van der Waals surface area (Å²) < 4.78 is 38.3. The number of aryl methyl sites for hydroxylation is 1. The Morgan fingerprint density at radius 2 is 1.88 bits per heavy atom. The van der Waals surface area contributed by atoms with E-state index in [9.17, 15) is 18.0 Å². The molecule has 0 heterocycles. The average Bonchev–Trinajstić information content (AvgIpc) is 2.97. The summed E-state index contributed by atoms with van der Waals surface area (Å²) in [6.45, 7) is 2.88. The van der Waals surface area contributed by atoms with Gasteiger partial charge < -0.3 is 0 Å². The van der Waals surface area contributed by atoms with Gasteiger partial charge in [-0.1, -0.05) is 12.1 Å². The number of ketones is 1. The summed E-state index contributed by atoms with van der Waals surface area (Å²) in [6.07, 6.45) is -3.04. The molecule has 92 valence electrons. The second-order valence-corrected chi connectivity index (χ2v) is 4.67. The summed E-state index contributed by atoms with van der Waals surface area (Å²) in [7, 11) is 0. The number of Topliss-reactive ketones (excluding diaryl/α,β-unsaturated/α-hetero) is 1. The van der Waals surface area contributed by atoms with Crippen molar-refractivity contribution in [1.29, 1.82) is 0 Å². The van der Waals surface area contributed by atoms with Gasteiger partial charge in [-0.05, 0) is 43.9 Å². The Labute approximate surface area is 97.6 Å². The summed E-state index contributed by atoms with van der Waals surface area (Å²) in [5.41, 5.74) is -0.584. The van der Waals surface area contributed by atoms with Crippen LogP contribution in [-0.4, -0.2) is 5.78 Å². The molecule has 0 spiro atoms. The van der Waals surface area contributed by atoms with Crippen molar-refractivity contribution in [3.63, 3.8) is 0 Å². The number of rotatable bonds is 2. The van der Waals surface area contributed by atoms with Gasteiger partial charge in [0.15, 0.2) is 0 Å². The lowest BCUT2D eigenvalue weighted by Gasteiger charge is -2.16. The Kier molecular flexibility index (Phi) is 2.56. The topological polar surface area (TPSA) is 17.1 Å². The summed E-state index contributed by atoms with van der Waals surface area (Å²) in [6, 6.07) is 4.21. The van der Waals surface area contributed by atoms with Gasteiger partial charge in [0, 0.05) is 0 Å². The van der Waals surface area contributed by atoms with Crippen LogP contribution in [0.25, 0.3) is 0 Å². The van der Waals surface area contributed by atoms with E-state index >= 15 is 0 Å². The molecule has 1 aliphatic rings. The van der Waals surface area contributed by atoms with E-state index in [1.807, 2.05) is 0 Å². The SMILES string of the molecule is CC(=O)C1(c2ccc(C)c(C(F)(F)F)c2)CC1. The highest BCUT2D eigenvalue weighted by molar-refractivity contribution is 5.91. The number of hydrogen-bond donors (Lipinski definition) is 0. The molecule has 0 N–H and O–H groups in total. The Morgan fingerprint density at radius 3 is 2.29 bits per heavy atom. The molecule has 0 atom stereocenters. The predicted molar refractivity (Wildman–Crippen MR) is 57.8 cm³/mol. The third-order valence-corrected chi connectivity index (χ3v) is 3.52. The van der Waals surface area contributed by atoms with E-state index in [0.29, 0.717) is 18.4 Å². The van der Waals surface area contributed by atoms with Gasteiger partial charge in [0.1, 0.15) is 5.78 Å². The number of hydrogen-bond acceptors (Lipinski definition) is 1. The molecule has 1 aromatic carbocycles. The molecular formula is C13H13F3O. The van der Waals surface area contributed by atoms with Crippen LogP contribution in [0.3, 0.4) is 0 Å². The van der Waals surface area contributed by atoms with Crippen LogP contribution in [0.15, 0.2) is 18.2 Å². The van der Waals surface area contributed by atoms with Crippen LogP contribution < -0.4 is 0 Å². The second-order valence-electron chi connectivity index (χ2n) is 4.67. The molecule has 0 aliphatic heterocycles. The van der Waals surface area contributed by atoms with Gasteiger partial charge in [0.25, 0.3) is 0 Å². The normalized spacial score (nSPS) is 17.9. The van der Waals surface area contributed by atoms with Crippen LogP contribution in [0.5, 0.6) is 0 Å². The fourth-order valence-corrected chi connectivity index (χ4v) is 2.19. The third-order valence-electron chi connectivity index (χ3n) is 3.52. The first kappa shape index (κ1) is 12.1. The first-order chi connectivity index (χ1) is 7.77. The maximum atomic E-state index is 12.8. The summed E-state index contributed by atoms with van der Waals surface area (Å²) in [4.78, 5) is 11.5. The Morgan fingerprint density at radius 1 is 1.29 bits per heavy atom. The van der Waals surface area contributed by atoms with E-state index in [-0.39, 0.29) is 11.3 Å². The lowest BCUT2D eigenvalue weighted by Crippen LogP contribution is -2.18. The zero-order chi connectivity index (χ0) is 12.8. The van der Waals surface area contributed by atoms with Gasteiger partial charge in [-0.15, -0.1) is 0 Å². The van der Waals surface area contributed by atoms with E-state index in [2.05, 4.69) is 0 Å². The Balaban J connectivity index is 2.49. The van der Waals surface area contributed by atoms with Crippen molar-refractivity contribution < 1.29 is 18.0 Å². The molecule has 0 saturated heterocycles. The minimum absolute atomic E-state index is 0.0468. The van der Waals surface area contributed by atoms with Gasteiger partial charge in [0.05, 0.1) is 11.0 Å². The number of alkyl halides is 3. The van der Waals surface area contributed by atoms with Crippen LogP contribution in [0.1, 0.15) is 36.5 Å². The van der Waals surface area contributed by atoms with Gasteiger partial charge in [0.2, 0.25) is 0 Å². The molecule has 0 amide bonds. The summed E-state index contributed by atoms with van der Waals surface area (Å²) >= 11 is 0. The number of halogens is 3. The van der Waals surface area contributed by atoms with Crippen molar-refractivity contribution in [2.24, 2.45) is 0 Å². The average molecular weight is 242 g/mol. The van der Waals surface area contributed by atoms with E-state index in [1.165, 1.54) is 19.9 Å². The van der Waals surface area contributed by atoms with Crippen LogP contribution in [0.4, 0.5) is 13.2 Å². The fraction of sp³-hybridized carbons (Fsp3) is 0.462. The molecule has 1 aliphatic carbocycles. The second kappa shape index (κ2) is 3.59. The smallest absolute Gasteiger partial charge is 0.299 e. The molecule has 4 heteroatoms. The van der Waals surface area contributed by atoms with Crippen molar-refractivity contribution in [1.82, 2.24) is 0 Å². The predicted octanol–water partition coefficient (Wildman–Crippen LogP) is 3.63. The molecule has 1 nitrogen and oxygen atoms in total. The monoisotopic (exact) mass is 242 g/mol. The van der Waals surface area contributed by atoms with Crippen LogP contribution in [0.2, 0.25) is 0 Å². The van der Waals surface area contributed by atoms with Crippen molar-refractivity contribution in [2.75, 3.05) is 0 Å². The standard InChI is InChI=1S/C13H13F3O/c1-8-3-4-10(7-11(8)13(14,15)16)12(5-6-12)9(2)17/h3-4,7H,5-6H2,1-2H3. The molecule has 0 unspecified atom stereocenters. The van der Waals surface area contributed by atoms with Gasteiger partial charge >= 0.3 is 6.18 Å². The molecule has 2 rings (SSSR count). The van der Waals surface area contributed by atoms with Gasteiger partial charge in [-0.25, -0.2) is 0 Å².